The highest BCUT2D eigenvalue weighted by atomic mass is 16.3. The largest absolute Gasteiger partial charge is 0.385 e. The molecule has 1 aromatic rings. The minimum Gasteiger partial charge on any atom is -0.385 e. The molecule has 0 saturated heterocycles. The van der Waals surface area contributed by atoms with Crippen molar-refractivity contribution in [3.8, 4) is 6.07 Å². The molecule has 1 aliphatic carbocycles. The van der Waals surface area contributed by atoms with E-state index < -0.39 is 0 Å². The quantitative estimate of drug-likeness (QED) is 0.743. The molecular formula is C11H10NO. The third kappa shape index (κ3) is 1.56. The monoisotopic (exact) mass is 172 g/mol. The van der Waals surface area contributed by atoms with Gasteiger partial charge in [-0.15, -0.1) is 0 Å². The van der Waals surface area contributed by atoms with E-state index >= 15 is 0 Å². The summed E-state index contributed by atoms with van der Waals surface area (Å²) < 4.78 is 0. The first kappa shape index (κ1) is 8.28. The third-order valence-electron chi connectivity index (χ3n) is 2.36. The van der Waals surface area contributed by atoms with Crippen LogP contribution in [0.15, 0.2) is 18.2 Å². The molecule has 1 aromatic carbocycles. The van der Waals surface area contributed by atoms with Crippen molar-refractivity contribution in [3.63, 3.8) is 0 Å². The molecule has 0 unspecified atom stereocenters. The minimum absolute atomic E-state index is 0.586. The van der Waals surface area contributed by atoms with E-state index in [4.69, 9.17) is 10.4 Å². The van der Waals surface area contributed by atoms with E-state index in [-0.39, 0.29) is 0 Å². The van der Waals surface area contributed by atoms with Crippen molar-refractivity contribution in [1.29, 1.82) is 5.26 Å². The molecule has 2 heteroatoms. The second kappa shape index (κ2) is 3.20. The Balaban J connectivity index is 2.41. The number of nitriles is 1. The van der Waals surface area contributed by atoms with Crippen molar-refractivity contribution in [3.05, 3.63) is 41.5 Å². The number of aliphatic hydroxyl groups excluding tert-OH is 1. The second-order valence-electron chi connectivity index (χ2n) is 3.36. The van der Waals surface area contributed by atoms with Gasteiger partial charge in [0, 0.05) is 0 Å². The molecule has 0 spiro atoms. The number of nitrogens with zero attached hydrogens (tertiary/aromatic N) is 1. The van der Waals surface area contributed by atoms with E-state index in [1.165, 1.54) is 12.8 Å². The fraction of sp³-hybridized carbons (Fsp3) is 0.273. The van der Waals surface area contributed by atoms with Crippen molar-refractivity contribution in [2.24, 2.45) is 0 Å². The van der Waals surface area contributed by atoms with Crippen LogP contribution in [0.5, 0.6) is 0 Å². The molecule has 1 saturated carbocycles. The number of aliphatic hydroxyl groups is 1. The summed E-state index contributed by atoms with van der Waals surface area (Å²) in [6.45, 7) is 1.03. The van der Waals surface area contributed by atoms with Gasteiger partial charge in [-0.25, -0.2) is 0 Å². The highest BCUT2D eigenvalue weighted by Gasteiger charge is 2.25. The van der Waals surface area contributed by atoms with Crippen molar-refractivity contribution >= 4 is 0 Å². The van der Waals surface area contributed by atoms with Gasteiger partial charge < -0.3 is 5.11 Å². The number of rotatable bonds is 2. The van der Waals surface area contributed by atoms with Crippen molar-refractivity contribution in [2.75, 3.05) is 0 Å². The van der Waals surface area contributed by atoms with E-state index in [1.54, 1.807) is 6.07 Å². The molecule has 0 aromatic heterocycles. The summed E-state index contributed by atoms with van der Waals surface area (Å²) in [5, 5.41) is 17.6. The van der Waals surface area contributed by atoms with E-state index in [2.05, 4.69) is 6.07 Å². The van der Waals surface area contributed by atoms with Crippen molar-refractivity contribution < 1.29 is 5.11 Å². The zero-order chi connectivity index (χ0) is 9.26. The lowest BCUT2D eigenvalue weighted by molar-refractivity contribution is 0.415. The van der Waals surface area contributed by atoms with Gasteiger partial charge in [0.25, 0.3) is 0 Å². The smallest absolute Gasteiger partial charge is 0.109 e. The summed E-state index contributed by atoms with van der Waals surface area (Å²) >= 11 is 0. The van der Waals surface area contributed by atoms with Crippen LogP contribution >= 0.6 is 0 Å². The van der Waals surface area contributed by atoms with Crippen LogP contribution < -0.4 is 0 Å². The molecule has 2 rings (SSSR count). The molecule has 0 heterocycles. The SMILES string of the molecule is N#Cc1cc([CH]O)ccc1C1CC1. The van der Waals surface area contributed by atoms with Gasteiger partial charge in [-0.1, -0.05) is 12.1 Å². The standard InChI is InChI=1S/C11H10NO/c12-6-10-5-8(7-13)1-4-11(10)9-2-3-9/h1,4-5,7,9,13H,2-3H2. The predicted octanol–water partition coefficient (Wildman–Crippen LogP) is 2.32. The average Bonchev–Trinajstić information content (AvgIpc) is 3.00. The Morgan fingerprint density at radius 2 is 2.23 bits per heavy atom. The summed E-state index contributed by atoms with van der Waals surface area (Å²) in [5.74, 6) is 0.586. The van der Waals surface area contributed by atoms with Crippen LogP contribution in [0, 0.1) is 17.9 Å². The molecule has 1 N–H and O–H groups in total. The molecule has 0 atom stereocenters. The molecule has 65 valence electrons. The van der Waals surface area contributed by atoms with Gasteiger partial charge >= 0.3 is 0 Å². The van der Waals surface area contributed by atoms with Crippen molar-refractivity contribution in [2.45, 2.75) is 18.8 Å². The minimum atomic E-state index is 0.586. The Hall–Kier alpha value is -1.33. The molecular weight excluding hydrogens is 162 g/mol. The average molecular weight is 172 g/mol. The van der Waals surface area contributed by atoms with E-state index in [1.807, 2.05) is 12.1 Å². The Bertz CT molecular complexity index is 361. The lowest BCUT2D eigenvalue weighted by atomic mass is 10.0. The maximum Gasteiger partial charge on any atom is 0.109 e. The number of benzene rings is 1. The Morgan fingerprint density at radius 3 is 2.77 bits per heavy atom. The van der Waals surface area contributed by atoms with E-state index in [0.29, 0.717) is 17.0 Å². The number of hydrogen-bond acceptors (Lipinski definition) is 2. The second-order valence-corrected chi connectivity index (χ2v) is 3.36. The molecule has 0 amide bonds. The normalized spacial score (nSPS) is 15.4. The van der Waals surface area contributed by atoms with Crippen LogP contribution in [0.1, 0.15) is 35.4 Å². The van der Waals surface area contributed by atoms with Crippen LogP contribution in [-0.4, -0.2) is 5.11 Å². The Labute approximate surface area is 77.4 Å². The van der Waals surface area contributed by atoms with Gasteiger partial charge in [-0.05, 0) is 36.0 Å². The zero-order valence-corrected chi connectivity index (χ0v) is 7.20. The van der Waals surface area contributed by atoms with E-state index in [0.717, 1.165) is 12.2 Å². The van der Waals surface area contributed by atoms with Crippen molar-refractivity contribution in [1.82, 2.24) is 0 Å². The van der Waals surface area contributed by atoms with Gasteiger partial charge in [-0.3, -0.25) is 0 Å². The first-order chi connectivity index (χ1) is 6.35. The van der Waals surface area contributed by atoms with Crippen LogP contribution in [-0.2, 0) is 0 Å². The molecule has 2 nitrogen and oxygen atoms in total. The summed E-state index contributed by atoms with van der Waals surface area (Å²) in [5.41, 5.74) is 2.53. The Morgan fingerprint density at radius 1 is 1.46 bits per heavy atom. The summed E-state index contributed by atoms with van der Waals surface area (Å²) in [7, 11) is 0. The summed E-state index contributed by atoms with van der Waals surface area (Å²) in [4.78, 5) is 0. The third-order valence-corrected chi connectivity index (χ3v) is 2.36. The summed E-state index contributed by atoms with van der Waals surface area (Å²) in [6.07, 6.45) is 2.38. The van der Waals surface area contributed by atoms with Crippen LogP contribution in [0.4, 0.5) is 0 Å². The van der Waals surface area contributed by atoms with Gasteiger partial charge in [0.1, 0.15) is 6.61 Å². The summed E-state index contributed by atoms with van der Waals surface area (Å²) in [6, 6.07) is 7.67. The van der Waals surface area contributed by atoms with Gasteiger partial charge in [0.2, 0.25) is 0 Å². The lowest BCUT2D eigenvalue weighted by Gasteiger charge is -2.02. The fourth-order valence-corrected chi connectivity index (χ4v) is 1.50. The molecule has 0 bridgehead atoms. The predicted molar refractivity (Wildman–Crippen MR) is 48.5 cm³/mol. The first-order valence-corrected chi connectivity index (χ1v) is 4.36. The van der Waals surface area contributed by atoms with Gasteiger partial charge in [0.05, 0.1) is 11.6 Å². The maximum absolute atomic E-state index is 8.87. The van der Waals surface area contributed by atoms with Crippen LogP contribution in [0.3, 0.4) is 0 Å². The Kier molecular flexibility index (Phi) is 2.03. The lowest BCUT2D eigenvalue weighted by Crippen LogP contribution is -1.89. The maximum atomic E-state index is 8.87. The number of hydrogen-bond donors (Lipinski definition) is 1. The molecule has 1 fully saturated rings. The first-order valence-electron chi connectivity index (χ1n) is 4.36. The van der Waals surface area contributed by atoms with E-state index in [9.17, 15) is 0 Å². The zero-order valence-electron chi connectivity index (χ0n) is 7.20. The van der Waals surface area contributed by atoms with Crippen LogP contribution in [0.2, 0.25) is 0 Å². The van der Waals surface area contributed by atoms with Gasteiger partial charge in [0.15, 0.2) is 0 Å². The van der Waals surface area contributed by atoms with Gasteiger partial charge in [-0.2, -0.15) is 5.26 Å². The fourth-order valence-electron chi connectivity index (χ4n) is 1.50. The topological polar surface area (TPSA) is 44.0 Å². The molecule has 13 heavy (non-hydrogen) atoms. The highest BCUT2D eigenvalue weighted by molar-refractivity contribution is 5.45. The van der Waals surface area contributed by atoms with Crippen LogP contribution in [0.25, 0.3) is 0 Å². The molecule has 1 radical (unpaired) electrons. The molecule has 1 aliphatic rings. The molecule has 0 aliphatic heterocycles. The highest BCUT2D eigenvalue weighted by Crippen LogP contribution is 2.41.